The number of ether oxygens (including phenoxy) is 1. The van der Waals surface area contributed by atoms with Crippen LogP contribution >= 0.6 is 23.2 Å². The molecule has 0 aliphatic rings. The molecule has 5 nitrogen and oxygen atoms in total. The first-order valence-corrected chi connectivity index (χ1v) is 6.41. The van der Waals surface area contributed by atoms with E-state index >= 15 is 0 Å². The molecule has 0 unspecified atom stereocenters. The van der Waals surface area contributed by atoms with Crippen LogP contribution in [0.3, 0.4) is 0 Å². The third kappa shape index (κ3) is 3.37. The van der Waals surface area contributed by atoms with Crippen LogP contribution < -0.4 is 4.74 Å². The fourth-order valence-corrected chi connectivity index (χ4v) is 1.66. The molecule has 20 heavy (non-hydrogen) atoms. The highest BCUT2D eigenvalue weighted by Gasteiger charge is 2.09. The number of aromatic nitrogens is 2. The van der Waals surface area contributed by atoms with Crippen LogP contribution in [-0.2, 0) is 0 Å². The molecule has 0 N–H and O–H groups in total. The third-order valence-electron chi connectivity index (χ3n) is 2.41. The number of hydrogen-bond donors (Lipinski definition) is 0. The number of nitrogens with zero attached hydrogens (tertiary/aromatic N) is 3. The molecule has 1 aromatic heterocycles. The Bertz CT molecular complexity index is 630. The number of carbonyl (C=O) groups is 1. The van der Waals surface area contributed by atoms with Crippen molar-refractivity contribution < 1.29 is 9.53 Å². The summed E-state index contributed by atoms with van der Waals surface area (Å²) in [4.78, 5) is 12.7. The van der Waals surface area contributed by atoms with Crippen molar-refractivity contribution in [2.24, 2.45) is 0 Å². The second-order valence-electron chi connectivity index (χ2n) is 4.15. The Labute approximate surface area is 126 Å². The minimum Gasteiger partial charge on any atom is -0.389 e. The molecule has 0 bridgehead atoms. The van der Waals surface area contributed by atoms with Crippen LogP contribution in [0.25, 0.3) is 11.3 Å². The van der Waals surface area contributed by atoms with Gasteiger partial charge in [0.05, 0.1) is 15.7 Å². The highest BCUT2D eigenvalue weighted by Crippen LogP contribution is 2.27. The molecule has 0 fully saturated rings. The summed E-state index contributed by atoms with van der Waals surface area (Å²) >= 11 is 11.8. The van der Waals surface area contributed by atoms with Gasteiger partial charge in [-0.25, -0.2) is 4.79 Å². The number of hydrogen-bond acceptors (Lipinski definition) is 4. The van der Waals surface area contributed by atoms with E-state index < -0.39 is 6.09 Å². The van der Waals surface area contributed by atoms with Crippen LogP contribution in [0, 0.1) is 0 Å². The molecule has 104 valence electrons. The smallest absolute Gasteiger partial charge is 0.389 e. The van der Waals surface area contributed by atoms with Gasteiger partial charge in [0.2, 0.25) is 5.88 Å². The Morgan fingerprint density at radius 1 is 1.10 bits per heavy atom. The molecule has 2 aromatic rings. The average molecular weight is 312 g/mol. The summed E-state index contributed by atoms with van der Waals surface area (Å²) in [5.74, 6) is 0.132. The molecule has 0 aliphatic carbocycles. The minimum atomic E-state index is -0.512. The second-order valence-corrected chi connectivity index (χ2v) is 4.96. The molecule has 0 saturated carbocycles. The Balaban J connectivity index is 2.19. The summed E-state index contributed by atoms with van der Waals surface area (Å²) in [6, 6.07) is 8.40. The predicted molar refractivity (Wildman–Crippen MR) is 77.2 cm³/mol. The van der Waals surface area contributed by atoms with Gasteiger partial charge in [0.15, 0.2) is 0 Å². The number of rotatable bonds is 2. The first-order chi connectivity index (χ1) is 9.47. The molecule has 1 aromatic carbocycles. The molecule has 0 atom stereocenters. The van der Waals surface area contributed by atoms with Crippen LogP contribution in [0.15, 0.2) is 30.3 Å². The van der Waals surface area contributed by atoms with Crippen LogP contribution in [0.5, 0.6) is 5.88 Å². The van der Waals surface area contributed by atoms with E-state index in [1.807, 2.05) is 0 Å². The molecule has 1 amide bonds. The number of benzene rings is 1. The zero-order chi connectivity index (χ0) is 14.7. The van der Waals surface area contributed by atoms with Gasteiger partial charge in [-0.1, -0.05) is 29.3 Å². The van der Waals surface area contributed by atoms with Gasteiger partial charge in [0.1, 0.15) is 0 Å². The standard InChI is InChI=1S/C13H11Cl2N3O2/c1-18(2)13(19)20-12-6-5-11(16-17-12)8-3-4-9(14)10(15)7-8/h3-7H,1-2H3. The maximum absolute atomic E-state index is 11.4. The molecule has 0 spiro atoms. The maximum atomic E-state index is 11.4. The van der Waals surface area contributed by atoms with E-state index in [-0.39, 0.29) is 5.88 Å². The number of amides is 1. The molecule has 2 rings (SSSR count). The molecule has 7 heteroatoms. The molecule has 0 radical (unpaired) electrons. The van der Waals surface area contributed by atoms with Crippen molar-refractivity contribution in [3.8, 4) is 17.1 Å². The van der Waals surface area contributed by atoms with Crippen molar-refractivity contribution in [3.63, 3.8) is 0 Å². The van der Waals surface area contributed by atoms with Crippen molar-refractivity contribution in [1.82, 2.24) is 15.1 Å². The fourth-order valence-electron chi connectivity index (χ4n) is 1.36. The lowest BCUT2D eigenvalue weighted by atomic mass is 10.1. The van der Waals surface area contributed by atoms with E-state index in [2.05, 4.69) is 10.2 Å². The van der Waals surface area contributed by atoms with Gasteiger partial charge in [-0.05, 0) is 18.2 Å². The zero-order valence-electron chi connectivity index (χ0n) is 10.8. The Kier molecular flexibility index (Phi) is 4.42. The Hall–Kier alpha value is -1.85. The fraction of sp³-hybridized carbons (Fsp3) is 0.154. The summed E-state index contributed by atoms with van der Waals surface area (Å²) in [6.07, 6.45) is -0.512. The van der Waals surface area contributed by atoms with Crippen molar-refractivity contribution in [2.75, 3.05) is 14.1 Å². The summed E-state index contributed by atoms with van der Waals surface area (Å²) in [5, 5.41) is 8.73. The molecule has 1 heterocycles. The van der Waals surface area contributed by atoms with Crippen LogP contribution in [-0.4, -0.2) is 35.3 Å². The quantitative estimate of drug-likeness (QED) is 0.851. The number of halogens is 2. The SMILES string of the molecule is CN(C)C(=O)Oc1ccc(-c2ccc(Cl)c(Cl)c2)nn1. The van der Waals surface area contributed by atoms with Crippen molar-refractivity contribution >= 4 is 29.3 Å². The minimum absolute atomic E-state index is 0.132. The van der Waals surface area contributed by atoms with E-state index in [4.69, 9.17) is 27.9 Å². The first-order valence-electron chi connectivity index (χ1n) is 5.65. The molecular weight excluding hydrogens is 301 g/mol. The van der Waals surface area contributed by atoms with Gasteiger partial charge >= 0.3 is 6.09 Å². The van der Waals surface area contributed by atoms with Gasteiger partial charge in [-0.2, -0.15) is 0 Å². The van der Waals surface area contributed by atoms with Crippen LogP contribution in [0.4, 0.5) is 4.79 Å². The maximum Gasteiger partial charge on any atom is 0.416 e. The lowest BCUT2D eigenvalue weighted by Gasteiger charge is -2.09. The van der Waals surface area contributed by atoms with Gasteiger partial charge in [-0.3, -0.25) is 0 Å². The van der Waals surface area contributed by atoms with Gasteiger partial charge < -0.3 is 9.64 Å². The topological polar surface area (TPSA) is 55.3 Å². The summed E-state index contributed by atoms with van der Waals surface area (Å²) in [6.45, 7) is 0. The first kappa shape index (κ1) is 14.6. The summed E-state index contributed by atoms with van der Waals surface area (Å²) < 4.78 is 4.98. The van der Waals surface area contributed by atoms with E-state index in [1.165, 1.54) is 4.90 Å². The normalized spacial score (nSPS) is 10.2. The van der Waals surface area contributed by atoms with Gasteiger partial charge in [0.25, 0.3) is 0 Å². The van der Waals surface area contributed by atoms with Crippen molar-refractivity contribution in [2.45, 2.75) is 0 Å². The molecule has 0 saturated heterocycles. The number of carbonyl (C=O) groups excluding carboxylic acids is 1. The highest BCUT2D eigenvalue weighted by atomic mass is 35.5. The van der Waals surface area contributed by atoms with Crippen LogP contribution in [0.1, 0.15) is 0 Å². The van der Waals surface area contributed by atoms with Crippen LogP contribution in [0.2, 0.25) is 10.0 Å². The second kappa shape index (κ2) is 6.07. The van der Waals surface area contributed by atoms with E-state index in [0.717, 1.165) is 5.56 Å². The summed E-state index contributed by atoms with van der Waals surface area (Å²) in [5.41, 5.74) is 1.38. The van der Waals surface area contributed by atoms with Gasteiger partial charge in [-0.15, -0.1) is 10.2 Å². The van der Waals surface area contributed by atoms with E-state index in [1.54, 1.807) is 44.4 Å². The van der Waals surface area contributed by atoms with Crippen molar-refractivity contribution in [3.05, 3.63) is 40.4 Å². The van der Waals surface area contributed by atoms with Crippen molar-refractivity contribution in [1.29, 1.82) is 0 Å². The highest BCUT2D eigenvalue weighted by molar-refractivity contribution is 6.42. The monoisotopic (exact) mass is 311 g/mol. The Morgan fingerprint density at radius 2 is 1.85 bits per heavy atom. The lowest BCUT2D eigenvalue weighted by Crippen LogP contribution is -2.25. The van der Waals surface area contributed by atoms with Gasteiger partial charge in [0, 0.05) is 25.7 Å². The molecular formula is C13H11Cl2N3O2. The average Bonchev–Trinajstić information content (AvgIpc) is 2.42. The third-order valence-corrected chi connectivity index (χ3v) is 3.15. The molecule has 0 aliphatic heterocycles. The van der Waals surface area contributed by atoms with E-state index in [9.17, 15) is 4.79 Å². The zero-order valence-corrected chi connectivity index (χ0v) is 12.3. The van der Waals surface area contributed by atoms with E-state index in [0.29, 0.717) is 15.7 Å². The summed E-state index contributed by atoms with van der Waals surface area (Å²) in [7, 11) is 3.17. The Morgan fingerprint density at radius 3 is 2.40 bits per heavy atom. The largest absolute Gasteiger partial charge is 0.416 e. The predicted octanol–water partition coefficient (Wildman–Crippen LogP) is 3.51. The lowest BCUT2D eigenvalue weighted by molar-refractivity contribution is 0.169.